The van der Waals surface area contributed by atoms with E-state index in [1.54, 1.807) is 4.90 Å². The van der Waals surface area contributed by atoms with E-state index in [0.29, 0.717) is 45.2 Å². The van der Waals surface area contributed by atoms with Gasteiger partial charge in [0.2, 0.25) is 5.91 Å². The number of halogens is 3. The molecule has 1 saturated carbocycles. The van der Waals surface area contributed by atoms with Gasteiger partial charge in [-0.1, -0.05) is 0 Å². The Kier molecular flexibility index (Phi) is 5.02. The molecule has 0 radical (unpaired) electrons. The fourth-order valence-corrected chi connectivity index (χ4v) is 5.08. The summed E-state index contributed by atoms with van der Waals surface area (Å²) >= 11 is 0. The van der Waals surface area contributed by atoms with Crippen LogP contribution in [0.2, 0.25) is 0 Å². The van der Waals surface area contributed by atoms with Crippen LogP contribution in [-0.4, -0.2) is 52.7 Å². The topological polar surface area (TPSA) is 56.7 Å². The summed E-state index contributed by atoms with van der Waals surface area (Å²) in [6.45, 7) is 2.57. The zero-order valence-electron chi connectivity index (χ0n) is 16.1. The molecule has 1 aromatic rings. The molecule has 1 aliphatic carbocycles. The highest BCUT2D eigenvalue weighted by atomic mass is 19.2. The van der Waals surface area contributed by atoms with E-state index in [4.69, 9.17) is 0 Å². The number of aromatic nitrogens is 1. The lowest BCUT2D eigenvalue weighted by Gasteiger charge is -2.41. The van der Waals surface area contributed by atoms with Gasteiger partial charge in [0.15, 0.2) is 17.5 Å². The SMILES string of the molecule is Cc1c(F)c(F)nc(N2CCCC3(CCN(C4CCC(O)CC4)C3=O)C2)c1F. The molecule has 154 valence electrons. The number of rotatable bonds is 2. The minimum atomic E-state index is -1.31. The number of aliphatic hydroxyl groups is 1. The molecule has 1 aromatic heterocycles. The molecule has 1 atom stereocenters. The molecule has 8 heteroatoms. The number of amides is 1. The Bertz CT molecular complexity index is 782. The van der Waals surface area contributed by atoms with Crippen molar-refractivity contribution in [1.29, 1.82) is 0 Å². The van der Waals surface area contributed by atoms with Crippen molar-refractivity contribution in [3.63, 3.8) is 0 Å². The average Bonchev–Trinajstić information content (AvgIpc) is 2.99. The first-order chi connectivity index (χ1) is 13.3. The fourth-order valence-electron chi connectivity index (χ4n) is 5.08. The minimum absolute atomic E-state index is 0.0679. The third-order valence-corrected chi connectivity index (χ3v) is 6.77. The van der Waals surface area contributed by atoms with Gasteiger partial charge in [0.05, 0.1) is 11.5 Å². The number of anilines is 1. The zero-order chi connectivity index (χ0) is 20.1. The smallest absolute Gasteiger partial charge is 0.251 e. The van der Waals surface area contributed by atoms with E-state index >= 15 is 0 Å². The summed E-state index contributed by atoms with van der Waals surface area (Å²) in [6, 6.07) is 0.144. The van der Waals surface area contributed by atoms with Crippen molar-refractivity contribution in [2.75, 3.05) is 24.5 Å². The van der Waals surface area contributed by atoms with Crippen LogP contribution in [0.1, 0.15) is 50.5 Å². The molecule has 2 saturated heterocycles. The molecule has 1 amide bonds. The highest BCUT2D eigenvalue weighted by molar-refractivity contribution is 5.86. The second-order valence-electron chi connectivity index (χ2n) is 8.50. The second kappa shape index (κ2) is 7.21. The van der Waals surface area contributed by atoms with Gasteiger partial charge in [-0.05, 0) is 51.9 Å². The van der Waals surface area contributed by atoms with Gasteiger partial charge in [-0.15, -0.1) is 0 Å². The predicted molar refractivity (Wildman–Crippen MR) is 97.3 cm³/mol. The molecule has 3 fully saturated rings. The van der Waals surface area contributed by atoms with Crippen molar-refractivity contribution in [2.45, 2.75) is 64.0 Å². The summed E-state index contributed by atoms with van der Waals surface area (Å²) in [5.41, 5.74) is -1.01. The Morgan fingerprint density at radius 3 is 2.50 bits per heavy atom. The minimum Gasteiger partial charge on any atom is -0.393 e. The van der Waals surface area contributed by atoms with E-state index in [9.17, 15) is 23.1 Å². The van der Waals surface area contributed by atoms with Gasteiger partial charge >= 0.3 is 0 Å². The van der Waals surface area contributed by atoms with Gasteiger partial charge in [0.25, 0.3) is 5.95 Å². The van der Waals surface area contributed by atoms with E-state index in [1.807, 2.05) is 4.90 Å². The lowest BCUT2D eigenvalue weighted by atomic mass is 9.78. The molecule has 0 bridgehead atoms. The van der Waals surface area contributed by atoms with Gasteiger partial charge in [-0.3, -0.25) is 4.79 Å². The van der Waals surface area contributed by atoms with Crippen molar-refractivity contribution in [3.8, 4) is 0 Å². The van der Waals surface area contributed by atoms with Crippen LogP contribution in [0, 0.1) is 29.9 Å². The normalized spacial score (nSPS) is 31.1. The predicted octanol–water partition coefficient (Wildman–Crippen LogP) is 2.93. The van der Waals surface area contributed by atoms with Crippen molar-refractivity contribution in [1.82, 2.24) is 9.88 Å². The Labute approximate surface area is 162 Å². The summed E-state index contributed by atoms with van der Waals surface area (Å²) in [4.78, 5) is 20.3. The van der Waals surface area contributed by atoms with Gasteiger partial charge in [0, 0.05) is 31.2 Å². The highest BCUT2D eigenvalue weighted by Crippen LogP contribution is 2.43. The summed E-state index contributed by atoms with van der Waals surface area (Å²) in [5.74, 6) is -3.58. The number of likely N-dealkylation sites (tertiary alicyclic amines) is 1. The van der Waals surface area contributed by atoms with Crippen molar-refractivity contribution >= 4 is 11.7 Å². The summed E-state index contributed by atoms with van der Waals surface area (Å²) in [5, 5.41) is 9.72. The molecule has 3 heterocycles. The Hall–Kier alpha value is -1.83. The molecule has 1 N–H and O–H groups in total. The molecule has 28 heavy (non-hydrogen) atoms. The quantitative estimate of drug-likeness (QED) is 0.780. The number of carbonyl (C=O) groups excluding carboxylic acids is 1. The Morgan fingerprint density at radius 2 is 1.79 bits per heavy atom. The van der Waals surface area contributed by atoms with E-state index in [-0.39, 0.29) is 36.0 Å². The van der Waals surface area contributed by atoms with E-state index in [1.165, 1.54) is 6.92 Å². The number of aliphatic hydroxyl groups excluding tert-OH is 1. The first-order valence-corrected chi connectivity index (χ1v) is 10.1. The largest absolute Gasteiger partial charge is 0.393 e. The molecule has 3 aliphatic rings. The maximum absolute atomic E-state index is 14.6. The van der Waals surface area contributed by atoms with Gasteiger partial charge < -0.3 is 14.9 Å². The van der Waals surface area contributed by atoms with Crippen LogP contribution >= 0.6 is 0 Å². The maximum atomic E-state index is 14.6. The van der Waals surface area contributed by atoms with Crippen molar-refractivity contribution in [3.05, 3.63) is 23.1 Å². The molecule has 1 spiro atoms. The summed E-state index contributed by atoms with van der Waals surface area (Å²) in [6.07, 6.45) is 4.77. The lowest BCUT2D eigenvalue weighted by Crippen LogP contribution is -2.50. The van der Waals surface area contributed by atoms with Crippen LogP contribution in [0.3, 0.4) is 0 Å². The average molecular weight is 397 g/mol. The van der Waals surface area contributed by atoms with Crippen LogP contribution in [0.5, 0.6) is 0 Å². The van der Waals surface area contributed by atoms with Gasteiger partial charge in [0.1, 0.15) is 0 Å². The summed E-state index contributed by atoms with van der Waals surface area (Å²) < 4.78 is 42.0. The fraction of sp³-hybridized carbons (Fsp3) is 0.700. The van der Waals surface area contributed by atoms with Crippen molar-refractivity contribution in [2.24, 2.45) is 5.41 Å². The number of pyridine rings is 1. The molecule has 0 aromatic carbocycles. The third kappa shape index (κ3) is 3.15. The van der Waals surface area contributed by atoms with Gasteiger partial charge in [-0.2, -0.15) is 9.37 Å². The highest BCUT2D eigenvalue weighted by Gasteiger charge is 2.51. The lowest BCUT2D eigenvalue weighted by molar-refractivity contribution is -0.139. The monoisotopic (exact) mass is 397 g/mol. The van der Waals surface area contributed by atoms with E-state index in [2.05, 4.69) is 4.98 Å². The van der Waals surface area contributed by atoms with Crippen LogP contribution in [0.25, 0.3) is 0 Å². The molecule has 1 unspecified atom stereocenters. The third-order valence-electron chi connectivity index (χ3n) is 6.77. The Balaban J connectivity index is 1.55. The van der Waals surface area contributed by atoms with E-state index in [0.717, 1.165) is 12.8 Å². The molecule has 4 rings (SSSR count). The van der Waals surface area contributed by atoms with Gasteiger partial charge in [-0.25, -0.2) is 8.78 Å². The second-order valence-corrected chi connectivity index (χ2v) is 8.50. The van der Waals surface area contributed by atoms with Crippen LogP contribution in [0.15, 0.2) is 0 Å². The molecule has 5 nitrogen and oxygen atoms in total. The van der Waals surface area contributed by atoms with Crippen LogP contribution in [-0.2, 0) is 4.79 Å². The first kappa shape index (κ1) is 19.5. The zero-order valence-corrected chi connectivity index (χ0v) is 16.1. The number of carbonyl (C=O) groups is 1. The number of hydrogen-bond acceptors (Lipinski definition) is 4. The first-order valence-electron chi connectivity index (χ1n) is 10.1. The maximum Gasteiger partial charge on any atom is 0.251 e. The van der Waals surface area contributed by atoms with Crippen LogP contribution in [0.4, 0.5) is 19.0 Å². The molecule has 2 aliphatic heterocycles. The summed E-state index contributed by atoms with van der Waals surface area (Å²) in [7, 11) is 0. The Morgan fingerprint density at radius 1 is 1.07 bits per heavy atom. The number of hydrogen-bond donors (Lipinski definition) is 1. The molecular formula is C20H26F3N3O2. The van der Waals surface area contributed by atoms with Crippen molar-refractivity contribution < 1.29 is 23.1 Å². The van der Waals surface area contributed by atoms with E-state index < -0.39 is 23.0 Å². The number of piperidine rings is 1. The standard InChI is InChI=1S/C20H26F3N3O2/c1-12-15(21)17(23)24-18(16(12)22)25-9-2-7-20(11-25)8-10-26(19(20)28)13-3-5-14(27)6-4-13/h13-14,27H,2-11H2,1H3. The number of nitrogens with zero attached hydrogens (tertiary/aromatic N) is 3. The molecular weight excluding hydrogens is 371 g/mol. The van der Waals surface area contributed by atoms with Crippen LogP contribution < -0.4 is 4.90 Å².